The molecule has 128 valence electrons. The van der Waals surface area contributed by atoms with Crippen LogP contribution in [0, 0.1) is 0 Å². The van der Waals surface area contributed by atoms with Gasteiger partial charge in [0.05, 0.1) is 12.7 Å². The van der Waals surface area contributed by atoms with Crippen LogP contribution in [0.2, 0.25) is 5.02 Å². The number of hydrogen-bond donors (Lipinski definition) is 3. The molecule has 0 aromatic heterocycles. The molecule has 24 heavy (non-hydrogen) atoms. The number of benzene rings is 2. The molecule has 0 heterocycles. The van der Waals surface area contributed by atoms with Crippen molar-refractivity contribution in [3.63, 3.8) is 0 Å². The second-order valence-corrected chi connectivity index (χ2v) is 5.65. The number of carbonyl (C=O) groups excluding carboxylic acids is 1. The maximum Gasteiger partial charge on any atom is 0.315 e. The summed E-state index contributed by atoms with van der Waals surface area (Å²) in [6, 6.07) is 14.1. The summed E-state index contributed by atoms with van der Waals surface area (Å²) in [7, 11) is 0. The van der Waals surface area contributed by atoms with Crippen molar-refractivity contribution in [2.24, 2.45) is 0 Å². The fraction of sp³-hybridized carbons (Fsp3) is 0.278. The molecule has 0 spiro atoms. The van der Waals surface area contributed by atoms with Gasteiger partial charge in [-0.25, -0.2) is 4.79 Å². The Morgan fingerprint density at radius 3 is 2.67 bits per heavy atom. The van der Waals surface area contributed by atoms with Crippen LogP contribution in [0.3, 0.4) is 0 Å². The quantitative estimate of drug-likeness (QED) is 0.719. The topological polar surface area (TPSA) is 70.6 Å². The molecule has 6 heteroatoms. The molecule has 1 atom stereocenters. The zero-order chi connectivity index (χ0) is 17.4. The van der Waals surface area contributed by atoms with E-state index in [0.29, 0.717) is 23.7 Å². The first-order chi connectivity index (χ1) is 11.6. The Labute approximate surface area is 146 Å². The maximum atomic E-state index is 11.8. The van der Waals surface area contributed by atoms with E-state index in [1.807, 2.05) is 31.2 Å². The van der Waals surface area contributed by atoms with Crippen molar-refractivity contribution in [1.29, 1.82) is 0 Å². The summed E-state index contributed by atoms with van der Waals surface area (Å²) in [5.41, 5.74) is 1.64. The number of aliphatic hydroxyl groups excluding tert-OH is 1. The Hall–Kier alpha value is -2.24. The lowest BCUT2D eigenvalue weighted by Gasteiger charge is -2.13. The minimum atomic E-state index is -0.783. The first-order valence-electron chi connectivity index (χ1n) is 7.75. The monoisotopic (exact) mass is 348 g/mol. The Morgan fingerprint density at radius 1 is 1.21 bits per heavy atom. The van der Waals surface area contributed by atoms with E-state index in [-0.39, 0.29) is 12.6 Å². The molecule has 0 aliphatic carbocycles. The predicted molar refractivity (Wildman–Crippen MR) is 94.3 cm³/mol. The summed E-state index contributed by atoms with van der Waals surface area (Å²) >= 11 is 5.80. The van der Waals surface area contributed by atoms with Gasteiger partial charge in [-0.2, -0.15) is 0 Å². The van der Waals surface area contributed by atoms with Crippen molar-refractivity contribution in [3.05, 3.63) is 64.7 Å². The van der Waals surface area contributed by atoms with Crippen LogP contribution < -0.4 is 15.4 Å². The Morgan fingerprint density at radius 2 is 1.96 bits per heavy atom. The van der Waals surface area contributed by atoms with E-state index in [9.17, 15) is 9.90 Å². The van der Waals surface area contributed by atoms with E-state index in [0.717, 1.165) is 11.3 Å². The van der Waals surface area contributed by atoms with Crippen molar-refractivity contribution < 1.29 is 14.6 Å². The molecule has 2 rings (SSSR count). The van der Waals surface area contributed by atoms with Crippen LogP contribution in [-0.2, 0) is 6.54 Å². The molecule has 0 aliphatic rings. The molecule has 3 N–H and O–H groups in total. The van der Waals surface area contributed by atoms with Crippen molar-refractivity contribution >= 4 is 17.6 Å². The number of halogens is 1. The van der Waals surface area contributed by atoms with Crippen molar-refractivity contribution in [3.8, 4) is 5.75 Å². The smallest absolute Gasteiger partial charge is 0.315 e. The number of aliphatic hydroxyl groups is 1. The van der Waals surface area contributed by atoms with E-state index >= 15 is 0 Å². The number of urea groups is 1. The molecule has 0 saturated carbocycles. The lowest BCUT2D eigenvalue weighted by molar-refractivity contribution is 0.173. The Balaban J connectivity index is 1.77. The molecule has 2 aromatic carbocycles. The third-order valence-corrected chi connectivity index (χ3v) is 3.63. The van der Waals surface area contributed by atoms with E-state index in [1.165, 1.54) is 0 Å². The van der Waals surface area contributed by atoms with Crippen molar-refractivity contribution in [2.75, 3.05) is 13.2 Å². The maximum absolute atomic E-state index is 11.8. The molecule has 0 radical (unpaired) electrons. The molecule has 2 amide bonds. The lowest BCUT2D eigenvalue weighted by Crippen LogP contribution is -2.37. The highest BCUT2D eigenvalue weighted by Gasteiger charge is 2.09. The van der Waals surface area contributed by atoms with Crippen LogP contribution in [0.1, 0.15) is 24.2 Å². The van der Waals surface area contributed by atoms with E-state index in [4.69, 9.17) is 16.3 Å². The first-order valence-corrected chi connectivity index (χ1v) is 8.13. The van der Waals surface area contributed by atoms with Crippen LogP contribution in [-0.4, -0.2) is 24.3 Å². The van der Waals surface area contributed by atoms with Gasteiger partial charge in [-0.3, -0.25) is 0 Å². The van der Waals surface area contributed by atoms with Gasteiger partial charge < -0.3 is 20.5 Å². The van der Waals surface area contributed by atoms with Crippen LogP contribution in [0.25, 0.3) is 0 Å². The summed E-state index contributed by atoms with van der Waals surface area (Å²) in [4.78, 5) is 11.8. The van der Waals surface area contributed by atoms with Gasteiger partial charge in [-0.15, -0.1) is 0 Å². The van der Waals surface area contributed by atoms with Gasteiger partial charge in [-0.1, -0.05) is 35.9 Å². The summed E-state index contributed by atoms with van der Waals surface area (Å²) in [5, 5.41) is 16.0. The van der Waals surface area contributed by atoms with Gasteiger partial charge in [0.15, 0.2) is 0 Å². The second-order valence-electron chi connectivity index (χ2n) is 5.21. The molecule has 5 nitrogen and oxygen atoms in total. The van der Waals surface area contributed by atoms with Crippen LogP contribution in [0.15, 0.2) is 48.5 Å². The second kappa shape index (κ2) is 9.15. The molecule has 0 fully saturated rings. The predicted octanol–water partition coefficient (Wildman–Crippen LogP) is 3.27. The fourth-order valence-corrected chi connectivity index (χ4v) is 2.27. The summed E-state index contributed by atoms with van der Waals surface area (Å²) in [6.45, 7) is 3.01. The molecule has 0 aliphatic heterocycles. The van der Waals surface area contributed by atoms with Crippen molar-refractivity contribution in [1.82, 2.24) is 10.6 Å². The summed E-state index contributed by atoms with van der Waals surface area (Å²) < 4.78 is 5.42. The van der Waals surface area contributed by atoms with Gasteiger partial charge in [0.25, 0.3) is 0 Å². The zero-order valence-corrected chi connectivity index (χ0v) is 14.2. The van der Waals surface area contributed by atoms with E-state index < -0.39 is 6.10 Å². The molecule has 2 aromatic rings. The van der Waals surface area contributed by atoms with Gasteiger partial charge in [0.1, 0.15) is 5.75 Å². The minimum Gasteiger partial charge on any atom is -0.494 e. The van der Waals surface area contributed by atoms with Gasteiger partial charge in [0, 0.05) is 18.1 Å². The van der Waals surface area contributed by atoms with Crippen molar-refractivity contribution in [2.45, 2.75) is 19.6 Å². The molecular weight excluding hydrogens is 328 g/mol. The van der Waals surface area contributed by atoms with Gasteiger partial charge in [0.2, 0.25) is 0 Å². The van der Waals surface area contributed by atoms with Gasteiger partial charge >= 0.3 is 6.03 Å². The molecule has 1 unspecified atom stereocenters. The largest absolute Gasteiger partial charge is 0.494 e. The number of nitrogens with one attached hydrogen (secondary N) is 2. The van der Waals surface area contributed by atoms with Crippen LogP contribution in [0.4, 0.5) is 4.79 Å². The third-order valence-electron chi connectivity index (χ3n) is 3.37. The Bertz CT molecular complexity index is 662. The lowest BCUT2D eigenvalue weighted by atomic mass is 10.1. The normalized spacial score (nSPS) is 11.6. The fourth-order valence-electron chi connectivity index (χ4n) is 2.15. The van der Waals surface area contributed by atoms with E-state index in [1.54, 1.807) is 24.3 Å². The average Bonchev–Trinajstić information content (AvgIpc) is 2.59. The Kier molecular flexibility index (Phi) is 6.90. The highest BCUT2D eigenvalue weighted by atomic mass is 35.5. The van der Waals surface area contributed by atoms with Crippen LogP contribution in [0.5, 0.6) is 5.75 Å². The standard InChI is InChI=1S/C18H21ClN2O3/c1-2-24-16-5-3-4-13(10-16)11-20-18(23)21-12-17(22)14-6-8-15(19)9-7-14/h3-10,17,22H,2,11-12H2,1H3,(H2,20,21,23). The molecular formula is C18H21ClN2O3. The van der Waals surface area contributed by atoms with E-state index in [2.05, 4.69) is 10.6 Å². The van der Waals surface area contributed by atoms with Crippen LogP contribution >= 0.6 is 11.6 Å². The summed E-state index contributed by atoms with van der Waals surface area (Å²) in [6.07, 6.45) is -0.783. The number of amides is 2. The zero-order valence-electron chi connectivity index (χ0n) is 13.5. The third kappa shape index (κ3) is 5.76. The number of rotatable bonds is 7. The van der Waals surface area contributed by atoms with Gasteiger partial charge in [-0.05, 0) is 42.3 Å². The number of hydrogen-bond acceptors (Lipinski definition) is 3. The SMILES string of the molecule is CCOc1cccc(CNC(=O)NCC(O)c2ccc(Cl)cc2)c1. The minimum absolute atomic E-state index is 0.118. The summed E-state index contributed by atoms with van der Waals surface area (Å²) in [5.74, 6) is 0.773. The number of ether oxygens (including phenoxy) is 1. The average molecular weight is 349 g/mol. The molecule has 0 bridgehead atoms. The highest BCUT2D eigenvalue weighted by Crippen LogP contribution is 2.16. The highest BCUT2D eigenvalue weighted by molar-refractivity contribution is 6.30. The first kappa shape index (κ1) is 18.1. The number of carbonyl (C=O) groups is 1. The molecule has 0 saturated heterocycles.